The number of urea groups is 1. The number of fused-ring (bicyclic) bond motifs is 1. The fraction of sp³-hybridized carbons (Fsp3) is 0.303. The molecule has 0 aliphatic carbocycles. The molecule has 2 atom stereocenters. The first-order valence-corrected chi connectivity index (χ1v) is 17.4. The van der Waals surface area contributed by atoms with Gasteiger partial charge < -0.3 is 25.0 Å². The molecule has 7 rings (SSSR count). The van der Waals surface area contributed by atoms with Crippen molar-refractivity contribution in [1.82, 2.24) is 30.0 Å². The fourth-order valence-electron chi connectivity index (χ4n) is 6.32. The van der Waals surface area contributed by atoms with Crippen LogP contribution < -0.4 is 5.32 Å². The molecule has 248 valence electrons. The number of rotatable bonds is 10. The summed E-state index contributed by atoms with van der Waals surface area (Å²) in [5.74, 6) is -0.773. The molecule has 2 aromatic carbocycles. The Morgan fingerprint density at radius 2 is 1.98 bits per heavy atom. The zero-order chi connectivity index (χ0) is 33.4. The Kier molecular flexibility index (Phi) is 9.25. The molecule has 0 spiro atoms. The minimum absolute atomic E-state index is 0.00138. The number of aliphatic imine (C=N–C) groups is 1. The van der Waals surface area contributed by atoms with Gasteiger partial charge in [-0.2, -0.15) is 0 Å². The van der Waals surface area contributed by atoms with Crippen LogP contribution in [0.5, 0.6) is 0 Å². The zero-order valence-electron chi connectivity index (χ0n) is 25.8. The summed E-state index contributed by atoms with van der Waals surface area (Å²) in [6, 6.07) is 10.5. The summed E-state index contributed by atoms with van der Waals surface area (Å²) >= 11 is 9.51. The van der Waals surface area contributed by atoms with Crippen molar-refractivity contribution in [3.05, 3.63) is 103 Å². The third-order valence-corrected chi connectivity index (χ3v) is 10.6. The highest BCUT2D eigenvalue weighted by molar-refractivity contribution is 7.11. The highest BCUT2D eigenvalue weighted by atomic mass is 35.5. The number of benzene rings is 2. The van der Waals surface area contributed by atoms with Crippen LogP contribution in [0.1, 0.15) is 32.0 Å². The molecule has 4 aromatic rings. The van der Waals surface area contributed by atoms with Crippen molar-refractivity contribution in [2.75, 3.05) is 46.4 Å². The SMILES string of the molecule is COCC1=C(CN2CCN3C(=O)N(Cc4nc(-c5ccc(C(=O)O)cc5)cs4)C[C@@H]3C2)NC(c2nccs2)=N[C@H]1c1ccc(F)cc1Cl. The molecule has 11 nitrogen and oxygen atoms in total. The van der Waals surface area contributed by atoms with Crippen LogP contribution in [-0.2, 0) is 11.3 Å². The molecule has 48 heavy (non-hydrogen) atoms. The van der Waals surface area contributed by atoms with Gasteiger partial charge in [-0.05, 0) is 29.8 Å². The van der Waals surface area contributed by atoms with Crippen LogP contribution in [0.3, 0.4) is 0 Å². The second kappa shape index (κ2) is 13.7. The van der Waals surface area contributed by atoms with Gasteiger partial charge in [0.15, 0.2) is 10.8 Å². The van der Waals surface area contributed by atoms with E-state index in [1.807, 2.05) is 20.6 Å². The number of piperazine rings is 1. The van der Waals surface area contributed by atoms with Crippen LogP contribution in [0.25, 0.3) is 11.3 Å². The molecule has 15 heteroatoms. The molecule has 0 bridgehead atoms. The number of aromatic carboxylic acids is 1. The van der Waals surface area contributed by atoms with E-state index in [0.29, 0.717) is 62.3 Å². The van der Waals surface area contributed by atoms with Gasteiger partial charge in [-0.25, -0.2) is 23.9 Å². The predicted octanol–water partition coefficient (Wildman–Crippen LogP) is 5.37. The largest absolute Gasteiger partial charge is 0.478 e. The first-order chi connectivity index (χ1) is 23.3. The number of amidine groups is 1. The van der Waals surface area contributed by atoms with E-state index in [9.17, 15) is 19.1 Å². The van der Waals surface area contributed by atoms with E-state index in [1.165, 1.54) is 34.8 Å². The van der Waals surface area contributed by atoms with E-state index < -0.39 is 17.8 Å². The minimum Gasteiger partial charge on any atom is -0.478 e. The Bertz CT molecular complexity index is 1900. The number of carboxylic acids is 1. The van der Waals surface area contributed by atoms with Crippen molar-refractivity contribution >= 4 is 52.1 Å². The lowest BCUT2D eigenvalue weighted by Gasteiger charge is -2.38. The van der Waals surface area contributed by atoms with Crippen molar-refractivity contribution < 1.29 is 23.8 Å². The van der Waals surface area contributed by atoms with Crippen LogP contribution in [0.2, 0.25) is 5.02 Å². The quantitative estimate of drug-likeness (QED) is 0.226. The Hall–Kier alpha value is -4.21. The number of thiazole rings is 2. The number of amides is 2. The van der Waals surface area contributed by atoms with Crippen LogP contribution in [0.15, 0.2) is 75.7 Å². The second-order valence-corrected chi connectivity index (χ2v) is 13.9. The highest BCUT2D eigenvalue weighted by Gasteiger charge is 2.41. The number of halogens is 2. The molecule has 2 saturated heterocycles. The van der Waals surface area contributed by atoms with Crippen LogP contribution in [0, 0.1) is 5.82 Å². The fourth-order valence-corrected chi connectivity index (χ4v) is 8.00. The molecule has 2 N–H and O–H groups in total. The van der Waals surface area contributed by atoms with Crippen LogP contribution in [0.4, 0.5) is 9.18 Å². The van der Waals surface area contributed by atoms with Gasteiger partial charge >= 0.3 is 12.0 Å². The smallest absolute Gasteiger partial charge is 0.335 e. The first kappa shape index (κ1) is 32.3. The minimum atomic E-state index is -0.973. The Balaban J connectivity index is 1.07. The number of nitrogens with one attached hydrogen (secondary N) is 1. The zero-order valence-corrected chi connectivity index (χ0v) is 28.2. The molecule has 2 amide bonds. The van der Waals surface area contributed by atoms with E-state index in [0.717, 1.165) is 32.5 Å². The molecule has 3 aliphatic heterocycles. The van der Waals surface area contributed by atoms with Gasteiger partial charge in [0.2, 0.25) is 0 Å². The summed E-state index contributed by atoms with van der Waals surface area (Å²) in [5.41, 5.74) is 4.30. The summed E-state index contributed by atoms with van der Waals surface area (Å²) in [4.78, 5) is 44.9. The van der Waals surface area contributed by atoms with Crippen molar-refractivity contribution in [2.45, 2.75) is 18.6 Å². The number of nitrogens with zero attached hydrogens (tertiary/aromatic N) is 6. The van der Waals surface area contributed by atoms with E-state index in [-0.39, 0.29) is 17.6 Å². The van der Waals surface area contributed by atoms with Gasteiger partial charge in [-0.3, -0.25) is 9.89 Å². The van der Waals surface area contributed by atoms with E-state index >= 15 is 0 Å². The van der Waals surface area contributed by atoms with Crippen molar-refractivity contribution in [1.29, 1.82) is 0 Å². The lowest BCUT2D eigenvalue weighted by molar-refractivity contribution is 0.0697. The number of ether oxygens (including phenoxy) is 1. The molecule has 2 fully saturated rings. The number of aromatic nitrogens is 2. The predicted molar refractivity (Wildman–Crippen MR) is 182 cm³/mol. The van der Waals surface area contributed by atoms with E-state index in [1.54, 1.807) is 43.6 Å². The molecular formula is C33H31ClFN7O4S2. The Labute approximate surface area is 289 Å². The maximum absolute atomic E-state index is 14.0. The van der Waals surface area contributed by atoms with E-state index in [2.05, 4.69) is 15.2 Å². The summed E-state index contributed by atoms with van der Waals surface area (Å²) in [6.45, 7) is 3.79. The maximum Gasteiger partial charge on any atom is 0.335 e. The lowest BCUT2D eigenvalue weighted by Crippen LogP contribution is -2.53. The van der Waals surface area contributed by atoms with Gasteiger partial charge in [0.25, 0.3) is 0 Å². The normalized spacial score (nSPS) is 19.8. The molecule has 5 heterocycles. The molecule has 0 saturated carbocycles. The molecule has 2 aromatic heterocycles. The average molecular weight is 708 g/mol. The Morgan fingerprint density at radius 1 is 1.15 bits per heavy atom. The number of hydrogen-bond donors (Lipinski definition) is 2. The van der Waals surface area contributed by atoms with Crippen molar-refractivity contribution in [2.24, 2.45) is 4.99 Å². The van der Waals surface area contributed by atoms with Gasteiger partial charge in [-0.15, -0.1) is 22.7 Å². The number of carbonyl (C=O) groups excluding carboxylic acids is 1. The summed E-state index contributed by atoms with van der Waals surface area (Å²) in [6.07, 6.45) is 1.73. The first-order valence-electron chi connectivity index (χ1n) is 15.2. The third kappa shape index (κ3) is 6.58. The number of methoxy groups -OCH3 is 1. The van der Waals surface area contributed by atoms with Gasteiger partial charge in [0.1, 0.15) is 16.9 Å². The average Bonchev–Trinajstić information content (AvgIpc) is 3.84. The highest BCUT2D eigenvalue weighted by Crippen LogP contribution is 2.37. The monoisotopic (exact) mass is 707 g/mol. The van der Waals surface area contributed by atoms with Crippen molar-refractivity contribution in [3.63, 3.8) is 0 Å². The van der Waals surface area contributed by atoms with E-state index in [4.69, 9.17) is 26.3 Å². The number of carboxylic acid groups (broad SMARTS) is 1. The van der Waals surface area contributed by atoms with Crippen LogP contribution in [-0.4, -0.2) is 100 Å². The summed E-state index contributed by atoms with van der Waals surface area (Å²) in [7, 11) is 1.63. The topological polar surface area (TPSA) is 123 Å². The summed E-state index contributed by atoms with van der Waals surface area (Å²) < 4.78 is 19.6. The summed E-state index contributed by atoms with van der Waals surface area (Å²) in [5, 5.41) is 18.4. The van der Waals surface area contributed by atoms with Gasteiger partial charge in [0, 0.05) is 78.6 Å². The molecular weight excluding hydrogens is 677 g/mol. The number of hydrogen-bond acceptors (Lipinski definition) is 10. The molecule has 3 aliphatic rings. The second-order valence-electron chi connectivity index (χ2n) is 11.7. The lowest BCUT2D eigenvalue weighted by atomic mass is 9.95. The maximum atomic E-state index is 14.0. The van der Waals surface area contributed by atoms with Gasteiger partial charge in [-0.1, -0.05) is 29.8 Å². The number of carbonyl (C=O) groups is 2. The molecule has 0 unspecified atom stereocenters. The standard InChI is InChI=1S/C33H31ClFN7O4S2/c1-46-17-24-26(38-30(31-36-8-11-47-31)39-29(24)23-7-6-21(35)12-25(23)34)15-40-9-10-42-22(13-40)14-41(33(42)45)16-28-37-27(18-48-28)19-2-4-20(5-3-19)32(43)44/h2-8,11-12,18,22,29H,9-10,13-17H2,1H3,(H,38,39)(H,43,44)/t22-,29-/m0/s1. The van der Waals surface area contributed by atoms with Crippen LogP contribution >= 0.6 is 34.3 Å². The molecule has 0 radical (unpaired) electrons. The van der Waals surface area contributed by atoms with Gasteiger partial charge in [0.05, 0.1) is 30.5 Å². The third-order valence-electron chi connectivity index (χ3n) is 8.64. The van der Waals surface area contributed by atoms with Crippen molar-refractivity contribution in [3.8, 4) is 11.3 Å². The Morgan fingerprint density at radius 3 is 2.71 bits per heavy atom.